The maximum atomic E-state index is 12.9. The first kappa shape index (κ1) is 18.4. The van der Waals surface area contributed by atoms with Gasteiger partial charge in [0.15, 0.2) is 0 Å². The van der Waals surface area contributed by atoms with Crippen LogP contribution >= 0.6 is 0 Å². The molecule has 1 aliphatic rings. The maximum absolute atomic E-state index is 12.9. The zero-order chi connectivity index (χ0) is 18.6. The van der Waals surface area contributed by atoms with Gasteiger partial charge in [0, 0.05) is 31.0 Å². The van der Waals surface area contributed by atoms with Crippen LogP contribution in [-0.4, -0.2) is 28.0 Å². The van der Waals surface area contributed by atoms with E-state index in [9.17, 15) is 4.79 Å². The van der Waals surface area contributed by atoms with Crippen LogP contribution in [0.1, 0.15) is 51.2 Å². The van der Waals surface area contributed by atoms with Crippen molar-refractivity contribution in [3.63, 3.8) is 0 Å². The Morgan fingerprint density at radius 1 is 1.19 bits per heavy atom. The first-order valence-corrected chi connectivity index (χ1v) is 9.47. The number of urea groups is 1. The maximum Gasteiger partial charge on any atom is 0.318 e. The number of carbonyl (C=O) groups excluding carboxylic acids is 1. The monoisotopic (exact) mass is 351 g/mol. The lowest BCUT2D eigenvalue weighted by molar-refractivity contribution is 0.186. The molecule has 1 heterocycles. The standard InChI is InChI=1S/C22H29N3O/c1-17(15-22(2,3)19-7-5-4-6-8-19)24-21(26)25(20-9-10-20)16-18-11-13-23-14-12-18/h4-8,11-14,17,20H,9-10,15-16H2,1-3H3,(H,24,26). The van der Waals surface area contributed by atoms with E-state index in [1.807, 2.05) is 23.1 Å². The van der Waals surface area contributed by atoms with Crippen molar-refractivity contribution in [2.45, 2.75) is 64.1 Å². The molecule has 2 aromatic rings. The number of nitrogens with zero attached hydrogens (tertiary/aromatic N) is 2. The van der Waals surface area contributed by atoms with E-state index in [1.165, 1.54) is 5.56 Å². The summed E-state index contributed by atoms with van der Waals surface area (Å²) in [5.41, 5.74) is 2.44. The molecular weight excluding hydrogens is 322 g/mol. The van der Waals surface area contributed by atoms with E-state index in [0.717, 1.165) is 24.8 Å². The van der Waals surface area contributed by atoms with Crippen molar-refractivity contribution in [2.24, 2.45) is 0 Å². The predicted octanol–water partition coefficient (Wildman–Crippen LogP) is 4.51. The van der Waals surface area contributed by atoms with Crippen molar-refractivity contribution in [2.75, 3.05) is 0 Å². The van der Waals surface area contributed by atoms with E-state index in [-0.39, 0.29) is 17.5 Å². The Labute approximate surface area is 156 Å². The van der Waals surface area contributed by atoms with Crippen LogP contribution in [0.25, 0.3) is 0 Å². The third-order valence-corrected chi connectivity index (χ3v) is 5.09. The van der Waals surface area contributed by atoms with Crippen molar-refractivity contribution in [1.29, 1.82) is 0 Å². The molecule has 3 rings (SSSR count). The van der Waals surface area contributed by atoms with Gasteiger partial charge in [0.2, 0.25) is 0 Å². The van der Waals surface area contributed by atoms with Crippen LogP contribution in [0, 0.1) is 0 Å². The van der Waals surface area contributed by atoms with Crippen molar-refractivity contribution >= 4 is 6.03 Å². The van der Waals surface area contributed by atoms with E-state index in [4.69, 9.17) is 0 Å². The Bertz CT molecular complexity index is 711. The fraction of sp³-hybridized carbons (Fsp3) is 0.455. The van der Waals surface area contributed by atoms with Gasteiger partial charge in [0.05, 0.1) is 0 Å². The average molecular weight is 351 g/mol. The summed E-state index contributed by atoms with van der Waals surface area (Å²) in [5, 5.41) is 3.22. The van der Waals surface area contributed by atoms with Gasteiger partial charge >= 0.3 is 6.03 Å². The minimum absolute atomic E-state index is 0.0173. The second-order valence-electron chi connectivity index (χ2n) is 8.02. The van der Waals surface area contributed by atoms with Gasteiger partial charge in [-0.1, -0.05) is 44.2 Å². The van der Waals surface area contributed by atoms with Gasteiger partial charge in [0.25, 0.3) is 0 Å². The molecule has 1 fully saturated rings. The van der Waals surface area contributed by atoms with Crippen LogP contribution in [0.3, 0.4) is 0 Å². The van der Waals surface area contributed by atoms with Crippen LogP contribution < -0.4 is 5.32 Å². The minimum atomic E-state index is 0.0173. The van der Waals surface area contributed by atoms with Crippen LogP contribution in [0.15, 0.2) is 54.9 Å². The molecule has 1 saturated carbocycles. The van der Waals surface area contributed by atoms with E-state index < -0.39 is 0 Å². The number of aromatic nitrogens is 1. The molecule has 0 spiro atoms. The average Bonchev–Trinajstić information content (AvgIpc) is 3.45. The molecule has 0 aliphatic heterocycles. The summed E-state index contributed by atoms with van der Waals surface area (Å²) < 4.78 is 0. The molecule has 1 aromatic heterocycles. The molecule has 26 heavy (non-hydrogen) atoms. The number of pyridine rings is 1. The number of carbonyl (C=O) groups is 1. The lowest BCUT2D eigenvalue weighted by atomic mass is 9.79. The molecule has 4 heteroatoms. The van der Waals surface area contributed by atoms with Gasteiger partial charge < -0.3 is 10.2 Å². The summed E-state index contributed by atoms with van der Waals surface area (Å²) in [7, 11) is 0. The SMILES string of the molecule is CC(CC(C)(C)c1ccccc1)NC(=O)N(Cc1ccncc1)C1CC1. The number of hydrogen-bond acceptors (Lipinski definition) is 2. The van der Waals surface area contributed by atoms with Crippen LogP contribution in [0.4, 0.5) is 4.79 Å². The Hall–Kier alpha value is -2.36. The molecule has 0 saturated heterocycles. The largest absolute Gasteiger partial charge is 0.335 e. The Kier molecular flexibility index (Phi) is 5.60. The zero-order valence-corrected chi connectivity index (χ0v) is 16.0. The minimum Gasteiger partial charge on any atom is -0.335 e. The quantitative estimate of drug-likeness (QED) is 0.797. The van der Waals surface area contributed by atoms with Crippen molar-refractivity contribution in [1.82, 2.24) is 15.2 Å². The molecule has 138 valence electrons. The molecule has 0 radical (unpaired) electrons. The van der Waals surface area contributed by atoms with Gasteiger partial charge in [-0.15, -0.1) is 0 Å². The fourth-order valence-corrected chi connectivity index (χ4v) is 3.56. The third kappa shape index (κ3) is 4.84. The molecule has 2 amide bonds. The third-order valence-electron chi connectivity index (χ3n) is 5.09. The highest BCUT2D eigenvalue weighted by Crippen LogP contribution is 2.30. The lowest BCUT2D eigenvalue weighted by Crippen LogP contribution is -2.46. The van der Waals surface area contributed by atoms with Crippen molar-refractivity contribution < 1.29 is 4.79 Å². The second kappa shape index (κ2) is 7.90. The summed E-state index contributed by atoms with van der Waals surface area (Å²) in [4.78, 5) is 18.9. The Morgan fingerprint density at radius 3 is 2.46 bits per heavy atom. The van der Waals surface area contributed by atoms with Crippen molar-refractivity contribution in [3.05, 3.63) is 66.0 Å². The van der Waals surface area contributed by atoms with E-state index in [2.05, 4.69) is 55.3 Å². The van der Waals surface area contributed by atoms with Crippen LogP contribution in [-0.2, 0) is 12.0 Å². The molecule has 4 nitrogen and oxygen atoms in total. The molecular formula is C22H29N3O. The number of amides is 2. The Balaban J connectivity index is 1.60. The fourth-order valence-electron chi connectivity index (χ4n) is 3.56. The second-order valence-corrected chi connectivity index (χ2v) is 8.02. The molecule has 0 bridgehead atoms. The van der Waals surface area contributed by atoms with Crippen molar-refractivity contribution in [3.8, 4) is 0 Å². The highest BCUT2D eigenvalue weighted by Gasteiger charge is 2.33. The highest BCUT2D eigenvalue weighted by molar-refractivity contribution is 5.75. The van der Waals surface area contributed by atoms with E-state index in [1.54, 1.807) is 12.4 Å². The summed E-state index contributed by atoms with van der Waals surface area (Å²) in [6.07, 6.45) is 6.66. The zero-order valence-electron chi connectivity index (χ0n) is 16.0. The predicted molar refractivity (Wildman–Crippen MR) is 105 cm³/mol. The van der Waals surface area contributed by atoms with Crippen LogP contribution in [0.2, 0.25) is 0 Å². The van der Waals surface area contributed by atoms with Gasteiger partial charge in [-0.25, -0.2) is 4.79 Å². The first-order valence-electron chi connectivity index (χ1n) is 9.47. The van der Waals surface area contributed by atoms with Gasteiger partial charge in [-0.2, -0.15) is 0 Å². The first-order chi connectivity index (χ1) is 12.5. The molecule has 1 aliphatic carbocycles. The normalized spacial score (nSPS) is 15.3. The molecule has 1 N–H and O–H groups in total. The highest BCUT2D eigenvalue weighted by atomic mass is 16.2. The Morgan fingerprint density at radius 2 is 1.85 bits per heavy atom. The molecule has 1 aromatic carbocycles. The lowest BCUT2D eigenvalue weighted by Gasteiger charge is -2.31. The smallest absolute Gasteiger partial charge is 0.318 e. The summed E-state index contributed by atoms with van der Waals surface area (Å²) in [5.74, 6) is 0. The molecule has 1 unspecified atom stereocenters. The molecule has 1 atom stereocenters. The van der Waals surface area contributed by atoms with Gasteiger partial charge in [-0.05, 0) is 54.9 Å². The number of benzene rings is 1. The van der Waals surface area contributed by atoms with E-state index >= 15 is 0 Å². The topological polar surface area (TPSA) is 45.2 Å². The summed E-state index contributed by atoms with van der Waals surface area (Å²) in [6, 6.07) is 15.0. The number of rotatable bonds is 7. The van der Waals surface area contributed by atoms with Crippen LogP contribution in [0.5, 0.6) is 0 Å². The van der Waals surface area contributed by atoms with E-state index in [0.29, 0.717) is 12.6 Å². The summed E-state index contributed by atoms with van der Waals surface area (Å²) in [6.45, 7) is 7.22. The number of hydrogen-bond donors (Lipinski definition) is 1. The number of nitrogens with one attached hydrogen (secondary N) is 1. The van der Waals surface area contributed by atoms with Gasteiger partial charge in [-0.3, -0.25) is 4.98 Å². The van der Waals surface area contributed by atoms with Gasteiger partial charge in [0.1, 0.15) is 0 Å². The summed E-state index contributed by atoms with van der Waals surface area (Å²) >= 11 is 0.